The molecule has 13 heteroatoms. The van der Waals surface area contributed by atoms with Crippen molar-refractivity contribution < 1.29 is 28.1 Å². The van der Waals surface area contributed by atoms with Crippen LogP contribution in [0.3, 0.4) is 0 Å². The summed E-state index contributed by atoms with van der Waals surface area (Å²) in [5.74, 6) is -1.53. The van der Waals surface area contributed by atoms with E-state index in [-0.39, 0.29) is 23.4 Å². The molecule has 0 bridgehead atoms. The van der Waals surface area contributed by atoms with Gasteiger partial charge in [0.25, 0.3) is 11.8 Å². The third-order valence-corrected chi connectivity index (χ3v) is 7.01. The van der Waals surface area contributed by atoms with Gasteiger partial charge in [-0.15, -0.1) is 0 Å². The SMILES string of the molecule is O=C(COc1ccccc1)NC1C(=O)N2C(C(=O)OCC(Cl)(Cl)Cl)=C(CBr)CS(=O)[C@H]12. The topological polar surface area (TPSA) is 102 Å². The molecule has 0 saturated carbocycles. The summed E-state index contributed by atoms with van der Waals surface area (Å²) in [7, 11) is -1.55. The number of benzene rings is 1. The van der Waals surface area contributed by atoms with E-state index in [2.05, 4.69) is 21.2 Å². The number of amides is 2. The summed E-state index contributed by atoms with van der Waals surface area (Å²) in [6, 6.07) is 7.62. The first-order valence-corrected chi connectivity index (χ1v) is 12.5. The summed E-state index contributed by atoms with van der Waals surface area (Å²) >= 11 is 20.1. The number of hydrogen-bond acceptors (Lipinski definition) is 6. The van der Waals surface area contributed by atoms with Gasteiger partial charge in [-0.2, -0.15) is 0 Å². The van der Waals surface area contributed by atoms with E-state index in [1.54, 1.807) is 30.3 Å². The van der Waals surface area contributed by atoms with E-state index in [0.29, 0.717) is 11.3 Å². The van der Waals surface area contributed by atoms with Gasteiger partial charge in [0, 0.05) is 5.33 Å². The van der Waals surface area contributed by atoms with Crippen molar-refractivity contribution >= 4 is 79.3 Å². The summed E-state index contributed by atoms with van der Waals surface area (Å²) in [6.07, 6.45) is 0. The van der Waals surface area contributed by atoms with Gasteiger partial charge in [-0.25, -0.2) is 4.79 Å². The van der Waals surface area contributed by atoms with Crippen molar-refractivity contribution in [2.75, 3.05) is 24.3 Å². The summed E-state index contributed by atoms with van der Waals surface area (Å²) in [5, 5.41) is 1.80. The van der Waals surface area contributed by atoms with Crippen molar-refractivity contribution in [1.29, 1.82) is 0 Å². The maximum Gasteiger partial charge on any atom is 0.355 e. The van der Waals surface area contributed by atoms with Crippen LogP contribution in [0.5, 0.6) is 5.75 Å². The number of carbonyl (C=O) groups excluding carboxylic acids is 3. The molecule has 3 rings (SSSR count). The van der Waals surface area contributed by atoms with Crippen molar-refractivity contribution in [3.05, 3.63) is 41.6 Å². The summed E-state index contributed by atoms with van der Waals surface area (Å²) in [6.45, 7) is -0.851. The van der Waals surface area contributed by atoms with Gasteiger partial charge < -0.3 is 14.8 Å². The minimum Gasteiger partial charge on any atom is -0.484 e. The maximum atomic E-state index is 12.7. The number of rotatable bonds is 7. The van der Waals surface area contributed by atoms with Crippen LogP contribution in [-0.4, -0.2) is 66.4 Å². The smallest absolute Gasteiger partial charge is 0.355 e. The monoisotopic (exact) mass is 572 g/mol. The van der Waals surface area contributed by atoms with Crippen LogP contribution in [-0.2, 0) is 29.9 Å². The molecule has 2 aliphatic heterocycles. The van der Waals surface area contributed by atoms with Gasteiger partial charge in [-0.05, 0) is 17.7 Å². The average Bonchev–Trinajstić information content (AvgIpc) is 2.73. The van der Waals surface area contributed by atoms with E-state index in [1.807, 2.05) is 0 Å². The molecular formula is C18H16BrCl3N2O6S. The molecule has 0 radical (unpaired) electrons. The van der Waals surface area contributed by atoms with Gasteiger partial charge in [-0.3, -0.25) is 18.7 Å². The predicted molar refractivity (Wildman–Crippen MR) is 120 cm³/mol. The van der Waals surface area contributed by atoms with Crippen molar-refractivity contribution in [2.24, 2.45) is 0 Å². The molecule has 2 amide bonds. The van der Waals surface area contributed by atoms with E-state index < -0.39 is 50.4 Å². The lowest BCUT2D eigenvalue weighted by Gasteiger charge is -2.49. The molecular weight excluding hydrogens is 559 g/mol. The number of halogens is 4. The number of nitrogens with one attached hydrogen (secondary N) is 1. The van der Waals surface area contributed by atoms with Gasteiger partial charge in [-0.1, -0.05) is 68.9 Å². The fourth-order valence-corrected chi connectivity index (χ4v) is 5.62. The normalized spacial score (nSPS) is 23.0. The highest BCUT2D eigenvalue weighted by Crippen LogP contribution is 2.36. The zero-order valence-electron chi connectivity index (χ0n) is 15.7. The minimum absolute atomic E-state index is 0.0186. The van der Waals surface area contributed by atoms with Crippen LogP contribution in [0.25, 0.3) is 0 Å². The number of nitrogens with zero attached hydrogens (tertiary/aromatic N) is 1. The highest BCUT2D eigenvalue weighted by molar-refractivity contribution is 9.09. The van der Waals surface area contributed by atoms with Crippen molar-refractivity contribution in [3.8, 4) is 5.75 Å². The van der Waals surface area contributed by atoms with E-state index in [0.717, 1.165) is 4.90 Å². The fourth-order valence-electron chi connectivity index (χ4n) is 3.04. The lowest BCUT2D eigenvalue weighted by atomic mass is 10.0. The molecule has 0 spiro atoms. The van der Waals surface area contributed by atoms with Crippen LogP contribution in [0.4, 0.5) is 0 Å². The predicted octanol–water partition coefficient (Wildman–Crippen LogP) is 2.04. The molecule has 31 heavy (non-hydrogen) atoms. The molecule has 1 aromatic rings. The standard InChI is InChI=1S/C18H16BrCl3N2O6S/c19-6-10-8-31(28)16-13(23-12(25)7-29-11-4-2-1-3-5-11)15(26)24(16)14(10)17(27)30-9-18(20,21)22/h1-5,13,16H,6-9H2,(H,23,25)/t13?,16-,31?/m1/s1. The third kappa shape index (κ3) is 5.73. The van der Waals surface area contributed by atoms with Gasteiger partial charge in [0.05, 0.1) is 16.6 Å². The lowest BCUT2D eigenvalue weighted by molar-refractivity contribution is -0.153. The Bertz CT molecular complexity index is 940. The molecule has 2 heterocycles. The Hall–Kier alpha value is -1.33. The molecule has 1 aromatic carbocycles. The van der Waals surface area contributed by atoms with E-state index in [4.69, 9.17) is 44.3 Å². The Balaban J connectivity index is 1.69. The molecule has 0 aliphatic carbocycles. The number of esters is 1. The van der Waals surface area contributed by atoms with Crippen LogP contribution >= 0.6 is 50.7 Å². The summed E-state index contributed by atoms with van der Waals surface area (Å²) in [5.41, 5.74) is 0.348. The van der Waals surface area contributed by atoms with E-state index in [1.165, 1.54) is 0 Å². The quantitative estimate of drug-likeness (QED) is 0.304. The first-order chi connectivity index (χ1) is 14.6. The molecule has 1 N–H and O–H groups in total. The zero-order valence-corrected chi connectivity index (χ0v) is 20.4. The van der Waals surface area contributed by atoms with Gasteiger partial charge in [0.2, 0.25) is 3.79 Å². The van der Waals surface area contributed by atoms with Crippen LogP contribution in [0.2, 0.25) is 0 Å². The van der Waals surface area contributed by atoms with Gasteiger partial charge >= 0.3 is 5.97 Å². The zero-order chi connectivity index (χ0) is 22.8. The Morgan fingerprint density at radius 3 is 2.55 bits per heavy atom. The van der Waals surface area contributed by atoms with Gasteiger partial charge in [0.15, 0.2) is 6.61 Å². The van der Waals surface area contributed by atoms with Crippen LogP contribution < -0.4 is 10.1 Å². The van der Waals surface area contributed by atoms with Crippen molar-refractivity contribution in [3.63, 3.8) is 0 Å². The molecule has 1 fully saturated rings. The second kappa shape index (κ2) is 10.1. The Morgan fingerprint density at radius 1 is 1.26 bits per heavy atom. The van der Waals surface area contributed by atoms with E-state index >= 15 is 0 Å². The molecule has 3 atom stereocenters. The Labute approximate surface area is 203 Å². The molecule has 168 valence electrons. The van der Waals surface area contributed by atoms with Crippen molar-refractivity contribution in [1.82, 2.24) is 10.2 Å². The molecule has 8 nitrogen and oxygen atoms in total. The third-order valence-electron chi connectivity index (χ3n) is 4.36. The Kier molecular flexibility index (Phi) is 7.90. The Morgan fingerprint density at radius 2 is 1.94 bits per heavy atom. The van der Waals surface area contributed by atoms with Crippen LogP contribution in [0.1, 0.15) is 0 Å². The minimum atomic E-state index is -1.82. The molecule has 2 unspecified atom stereocenters. The van der Waals surface area contributed by atoms with E-state index in [9.17, 15) is 18.6 Å². The summed E-state index contributed by atoms with van der Waals surface area (Å²) in [4.78, 5) is 38.6. The summed E-state index contributed by atoms with van der Waals surface area (Å²) < 4.78 is 21.2. The second-order valence-electron chi connectivity index (χ2n) is 6.55. The molecule has 2 aliphatic rings. The first-order valence-electron chi connectivity index (χ1n) is 8.81. The number of alkyl halides is 4. The lowest BCUT2D eigenvalue weighted by Crippen LogP contribution is -2.74. The number of para-hydroxylation sites is 1. The van der Waals surface area contributed by atoms with Gasteiger partial charge in [0.1, 0.15) is 29.5 Å². The average molecular weight is 575 g/mol. The number of ether oxygens (including phenoxy) is 2. The number of hydrogen-bond donors (Lipinski definition) is 1. The number of fused-ring (bicyclic) bond motifs is 1. The van der Waals surface area contributed by atoms with Crippen molar-refractivity contribution in [2.45, 2.75) is 15.2 Å². The second-order valence-corrected chi connectivity index (χ2v) is 11.2. The van der Waals surface area contributed by atoms with Crippen LogP contribution in [0.15, 0.2) is 41.6 Å². The van der Waals surface area contributed by atoms with Crippen LogP contribution in [0, 0.1) is 0 Å². The largest absolute Gasteiger partial charge is 0.484 e. The fraction of sp³-hybridized carbons (Fsp3) is 0.389. The maximum absolute atomic E-state index is 12.7. The number of carbonyl (C=O) groups is 3. The molecule has 1 saturated heterocycles. The molecule has 0 aromatic heterocycles. The highest BCUT2D eigenvalue weighted by atomic mass is 79.9. The highest BCUT2D eigenvalue weighted by Gasteiger charge is 2.57. The number of β-lactam (4-membered cyclic amide) rings is 1. The first kappa shape index (κ1) is 24.3.